The Bertz CT molecular complexity index is 3.25. The summed E-state index contributed by atoms with van der Waals surface area (Å²) in [4.78, 5) is 0. The molecule has 0 atom stereocenters. The largest absolute Gasteiger partial charge is 0.870 e. The van der Waals surface area contributed by atoms with E-state index in [1.807, 2.05) is 0 Å². The fourth-order valence-electron chi connectivity index (χ4n) is 0. The van der Waals surface area contributed by atoms with E-state index < -0.39 is 0 Å². The van der Waals surface area contributed by atoms with Crippen molar-refractivity contribution in [2.45, 2.75) is 0 Å². The van der Waals surface area contributed by atoms with Gasteiger partial charge in [0.25, 0.3) is 0 Å². The number of rotatable bonds is 0. The maximum Gasteiger partial charge on any atom is 0 e. The summed E-state index contributed by atoms with van der Waals surface area (Å²) in [6, 6.07) is 0. The Balaban J connectivity index is 0. The zero-order valence-electron chi connectivity index (χ0n) is 1.64. The zero-order chi connectivity index (χ0) is 0. The second kappa shape index (κ2) is 123. The fourth-order valence-corrected chi connectivity index (χ4v) is 0. The van der Waals surface area contributed by atoms with Crippen LogP contribution in [0.5, 0.6) is 0 Å². The van der Waals surface area contributed by atoms with Crippen LogP contribution in [0.3, 0.4) is 0 Å². The van der Waals surface area contributed by atoms with E-state index in [1.54, 1.807) is 0 Å². The Hall–Kier alpha value is 0.399. The third-order valence-corrected chi connectivity index (χ3v) is 0. The zero-order valence-corrected chi connectivity index (χ0v) is 2.58. The maximum atomic E-state index is 0. The van der Waals surface area contributed by atoms with Crippen LogP contribution in [0.4, 0.5) is 0 Å². The first kappa shape index (κ1) is 319. The Morgan fingerprint density at radius 1 is 0.500 bits per heavy atom. The van der Waals surface area contributed by atoms with Crippen molar-refractivity contribution in [3.05, 3.63) is 0 Å². The van der Waals surface area contributed by atoms with Crippen LogP contribution in [0.2, 0.25) is 0 Å². The Labute approximate surface area is 34.4 Å². The third kappa shape index (κ3) is 29.4. The van der Waals surface area contributed by atoms with Gasteiger partial charge in [-0.25, -0.2) is 0 Å². The van der Waals surface area contributed by atoms with Gasteiger partial charge in [-0.15, -0.1) is 0 Å². The molecule has 0 aromatic carbocycles. The third-order valence-electron chi connectivity index (χ3n) is 0. The molecule has 0 bridgehead atoms. The molecule has 0 saturated carbocycles. The molecule has 0 unspecified atom stereocenters. The summed E-state index contributed by atoms with van der Waals surface area (Å²) < 4.78 is 0. The van der Waals surface area contributed by atoms with E-state index in [4.69, 9.17) is 0 Å². The molecule has 0 amide bonds. The molecule has 0 saturated heterocycles. The summed E-state index contributed by atoms with van der Waals surface area (Å²) >= 11 is 0. The van der Waals surface area contributed by atoms with Gasteiger partial charge in [0.15, 0.2) is 0 Å². The van der Waals surface area contributed by atoms with Crippen molar-refractivity contribution < 1.29 is 33.5 Å². The first-order valence-corrected chi connectivity index (χ1v) is 0. The van der Waals surface area contributed by atoms with Gasteiger partial charge in [0.05, 0.1) is 0 Å². The van der Waals surface area contributed by atoms with Crippen LogP contribution in [-0.2, 0) is 17.1 Å². The van der Waals surface area contributed by atoms with Gasteiger partial charge >= 0.3 is 0 Å². The molecule has 0 aromatic heterocycles. The average molecular weight is 115 g/mol. The predicted molar refractivity (Wildman–Crippen MR) is 5.81 cm³/mol. The first-order chi connectivity index (χ1) is 0. The van der Waals surface area contributed by atoms with Crippen molar-refractivity contribution >= 4 is 0 Å². The van der Waals surface area contributed by atoms with Crippen molar-refractivity contribution in [3.63, 3.8) is 0 Å². The smallest absolute Gasteiger partial charge is 0 e. The number of hydrogen-bond donors (Lipinski definition) is 0. The Kier molecular flexibility index (Phi) is 9770. The van der Waals surface area contributed by atoms with Crippen LogP contribution in [0.15, 0.2) is 0 Å². The van der Waals surface area contributed by atoms with Gasteiger partial charge in [-0.3, -0.25) is 0 Å². The van der Waals surface area contributed by atoms with Gasteiger partial charge in [0, 0.05) is 17.1 Å². The number of hydrogen-bond acceptors (Lipinski definition) is 3. The minimum Gasteiger partial charge on any atom is -0.870 e. The van der Waals surface area contributed by atoms with Gasteiger partial charge in [0.2, 0.25) is 0 Å². The molecule has 1 radical (unpaired) electrons. The SMILES string of the molecule is [Cu].[OH-].[OH-].[OH-]. The van der Waals surface area contributed by atoms with Crippen molar-refractivity contribution in [1.82, 2.24) is 0 Å². The van der Waals surface area contributed by atoms with E-state index in [9.17, 15) is 0 Å². The molecule has 0 aromatic rings. The van der Waals surface area contributed by atoms with Gasteiger partial charge in [-0.1, -0.05) is 0 Å². The molecular formula is H3CuO3-3. The van der Waals surface area contributed by atoms with Crippen LogP contribution in [0.25, 0.3) is 0 Å². The molecule has 0 fully saturated rings. The van der Waals surface area contributed by atoms with Crippen LogP contribution < -0.4 is 0 Å². The van der Waals surface area contributed by atoms with Crippen LogP contribution >= 0.6 is 0 Å². The Morgan fingerprint density at radius 2 is 0.500 bits per heavy atom. The fraction of sp³-hybridized carbons (Fsp3) is 0. The van der Waals surface area contributed by atoms with Gasteiger partial charge in [-0.05, 0) is 0 Å². The Morgan fingerprint density at radius 3 is 0.500 bits per heavy atom. The van der Waals surface area contributed by atoms with E-state index in [0.717, 1.165) is 0 Å². The van der Waals surface area contributed by atoms with Crippen LogP contribution in [0.1, 0.15) is 0 Å². The summed E-state index contributed by atoms with van der Waals surface area (Å²) in [5.74, 6) is 0. The van der Waals surface area contributed by atoms with Gasteiger partial charge in [0.1, 0.15) is 0 Å². The molecule has 3 N–H and O–H groups in total. The quantitative estimate of drug-likeness (QED) is 0.397. The van der Waals surface area contributed by atoms with Crippen LogP contribution in [-0.4, -0.2) is 16.4 Å². The molecule has 4 heavy (non-hydrogen) atoms. The van der Waals surface area contributed by atoms with E-state index in [2.05, 4.69) is 0 Å². The average Bonchev–Trinajstić information content (AvgIpc) is 0. The normalized spacial score (nSPS) is 0. The molecular weight excluding hydrogens is 112 g/mol. The molecule has 35 valence electrons. The summed E-state index contributed by atoms with van der Waals surface area (Å²) in [5, 5.41) is 0. The molecule has 4 heteroatoms. The summed E-state index contributed by atoms with van der Waals surface area (Å²) in [6.07, 6.45) is 0. The van der Waals surface area contributed by atoms with Gasteiger partial charge < -0.3 is 16.4 Å². The van der Waals surface area contributed by atoms with Gasteiger partial charge in [-0.2, -0.15) is 0 Å². The first-order valence-electron chi connectivity index (χ1n) is 0. The van der Waals surface area contributed by atoms with Crippen molar-refractivity contribution in [3.8, 4) is 0 Å². The second-order valence-electron chi connectivity index (χ2n) is 0. The minimum atomic E-state index is 0. The molecule has 0 rings (SSSR count). The molecule has 0 spiro atoms. The summed E-state index contributed by atoms with van der Waals surface area (Å²) in [7, 11) is 0. The molecule has 0 aliphatic carbocycles. The van der Waals surface area contributed by atoms with Crippen molar-refractivity contribution in [2.24, 2.45) is 0 Å². The van der Waals surface area contributed by atoms with E-state index in [1.165, 1.54) is 0 Å². The summed E-state index contributed by atoms with van der Waals surface area (Å²) in [5.41, 5.74) is 0. The topological polar surface area (TPSA) is 90.0 Å². The molecule has 0 heterocycles. The molecule has 3 nitrogen and oxygen atoms in total. The maximum absolute atomic E-state index is 0. The minimum absolute atomic E-state index is 0. The molecule has 0 aliphatic heterocycles. The van der Waals surface area contributed by atoms with Crippen LogP contribution in [0, 0.1) is 0 Å². The van der Waals surface area contributed by atoms with Crippen molar-refractivity contribution in [2.75, 3.05) is 0 Å². The predicted octanol–water partition coefficient (Wildman–Crippen LogP) is -0.533. The van der Waals surface area contributed by atoms with E-state index in [0.29, 0.717) is 0 Å². The standard InChI is InChI=1S/Cu.3H2O/h;3*1H2/p-3. The van der Waals surface area contributed by atoms with E-state index in [-0.39, 0.29) is 33.5 Å². The second-order valence-corrected chi connectivity index (χ2v) is 0. The summed E-state index contributed by atoms with van der Waals surface area (Å²) in [6.45, 7) is 0. The molecule has 0 aliphatic rings. The monoisotopic (exact) mass is 114 g/mol. The van der Waals surface area contributed by atoms with Crippen molar-refractivity contribution in [1.29, 1.82) is 0 Å². The van der Waals surface area contributed by atoms with E-state index >= 15 is 0 Å².